The van der Waals surface area contributed by atoms with E-state index in [2.05, 4.69) is 10.2 Å². The van der Waals surface area contributed by atoms with Crippen LogP contribution < -0.4 is 15.0 Å². The molecule has 6 heteroatoms. The first kappa shape index (κ1) is 18.4. The summed E-state index contributed by atoms with van der Waals surface area (Å²) < 4.78 is 5.70. The first-order valence-corrected chi connectivity index (χ1v) is 9.14. The van der Waals surface area contributed by atoms with Crippen LogP contribution in [0.15, 0.2) is 42.5 Å². The molecule has 1 aliphatic rings. The van der Waals surface area contributed by atoms with Gasteiger partial charge in [-0.2, -0.15) is 0 Å². The van der Waals surface area contributed by atoms with Crippen LogP contribution in [0.4, 0.5) is 10.5 Å². The molecule has 2 aromatic carbocycles. The topological polar surface area (TPSA) is 44.8 Å². The minimum absolute atomic E-state index is 0.0962. The smallest absolute Gasteiger partial charge is 0.320 e. The standard InChI is InChI=1S/C20H24ClN3O2/c1-15-5-3-8-19(16(15)2)26-14-22-20(25)24-11-9-23(10-12-24)18-7-4-6-17(21)13-18/h3-8,13H,9-12,14H2,1-2H3,(H,22,25). The number of amides is 2. The third-order valence-electron chi connectivity index (χ3n) is 4.75. The molecule has 1 saturated heterocycles. The third kappa shape index (κ3) is 4.41. The van der Waals surface area contributed by atoms with E-state index in [-0.39, 0.29) is 12.8 Å². The second kappa shape index (κ2) is 8.32. The average Bonchev–Trinajstić information content (AvgIpc) is 2.65. The molecule has 26 heavy (non-hydrogen) atoms. The second-order valence-corrected chi connectivity index (χ2v) is 6.86. The Bertz CT molecular complexity index is 773. The normalized spacial score (nSPS) is 14.3. The number of aryl methyl sites for hydroxylation is 1. The number of ether oxygens (including phenoxy) is 1. The highest BCUT2D eigenvalue weighted by Crippen LogP contribution is 2.21. The number of rotatable bonds is 4. The molecule has 138 valence electrons. The number of hydrogen-bond acceptors (Lipinski definition) is 3. The number of halogens is 1. The average molecular weight is 374 g/mol. The number of piperazine rings is 1. The number of nitrogens with one attached hydrogen (secondary N) is 1. The Morgan fingerprint density at radius 3 is 2.58 bits per heavy atom. The molecule has 2 amide bonds. The van der Waals surface area contributed by atoms with Gasteiger partial charge in [-0.1, -0.05) is 29.8 Å². The second-order valence-electron chi connectivity index (χ2n) is 6.42. The van der Waals surface area contributed by atoms with E-state index in [1.54, 1.807) is 0 Å². The summed E-state index contributed by atoms with van der Waals surface area (Å²) in [4.78, 5) is 16.4. The van der Waals surface area contributed by atoms with Crippen LogP contribution >= 0.6 is 11.6 Å². The van der Waals surface area contributed by atoms with Crippen molar-refractivity contribution in [2.75, 3.05) is 37.8 Å². The van der Waals surface area contributed by atoms with Crippen LogP contribution in [0.5, 0.6) is 5.75 Å². The number of benzene rings is 2. The van der Waals surface area contributed by atoms with Crippen molar-refractivity contribution in [3.63, 3.8) is 0 Å². The summed E-state index contributed by atoms with van der Waals surface area (Å²) in [5, 5.41) is 3.56. The molecule has 0 aliphatic carbocycles. The zero-order valence-corrected chi connectivity index (χ0v) is 15.9. The third-order valence-corrected chi connectivity index (χ3v) is 4.98. The number of carbonyl (C=O) groups excluding carboxylic acids is 1. The predicted octanol–water partition coefficient (Wildman–Crippen LogP) is 3.82. The molecule has 0 radical (unpaired) electrons. The van der Waals surface area contributed by atoms with Crippen molar-refractivity contribution in [1.82, 2.24) is 10.2 Å². The molecule has 2 aromatic rings. The Balaban J connectivity index is 1.46. The number of nitrogens with zero attached hydrogens (tertiary/aromatic N) is 2. The number of urea groups is 1. The van der Waals surface area contributed by atoms with Crippen LogP contribution in [0.3, 0.4) is 0 Å². The van der Waals surface area contributed by atoms with Gasteiger partial charge in [0.05, 0.1) is 0 Å². The van der Waals surface area contributed by atoms with E-state index in [0.717, 1.165) is 35.1 Å². The highest BCUT2D eigenvalue weighted by molar-refractivity contribution is 6.30. The van der Waals surface area contributed by atoms with Crippen LogP contribution in [0.1, 0.15) is 11.1 Å². The van der Waals surface area contributed by atoms with Crippen molar-refractivity contribution >= 4 is 23.3 Å². The number of anilines is 1. The van der Waals surface area contributed by atoms with Gasteiger partial charge in [0, 0.05) is 36.9 Å². The summed E-state index contributed by atoms with van der Waals surface area (Å²) in [5.74, 6) is 0.802. The van der Waals surface area contributed by atoms with E-state index < -0.39 is 0 Å². The van der Waals surface area contributed by atoms with Crippen molar-refractivity contribution in [3.05, 3.63) is 58.6 Å². The Labute approximate surface area is 159 Å². The van der Waals surface area contributed by atoms with Gasteiger partial charge < -0.3 is 19.9 Å². The first-order chi connectivity index (χ1) is 12.5. The van der Waals surface area contributed by atoms with Crippen molar-refractivity contribution < 1.29 is 9.53 Å². The molecule has 5 nitrogen and oxygen atoms in total. The van der Waals surface area contributed by atoms with Crippen LogP contribution in [0.25, 0.3) is 0 Å². The molecule has 0 spiro atoms. The maximum absolute atomic E-state index is 12.3. The maximum atomic E-state index is 12.3. The van der Waals surface area contributed by atoms with Crippen molar-refractivity contribution in [1.29, 1.82) is 0 Å². The van der Waals surface area contributed by atoms with Crippen molar-refractivity contribution in [3.8, 4) is 5.75 Å². The molecule has 1 N–H and O–H groups in total. The van der Waals surface area contributed by atoms with Gasteiger partial charge >= 0.3 is 6.03 Å². The molecule has 3 rings (SSSR count). The van der Waals surface area contributed by atoms with E-state index in [9.17, 15) is 4.79 Å². The molecule has 0 bridgehead atoms. The fourth-order valence-electron chi connectivity index (χ4n) is 3.01. The molecule has 1 aliphatic heterocycles. The van der Waals surface area contributed by atoms with Gasteiger partial charge in [-0.05, 0) is 49.2 Å². The minimum atomic E-state index is -0.0962. The zero-order chi connectivity index (χ0) is 18.5. The summed E-state index contributed by atoms with van der Waals surface area (Å²) in [5.41, 5.74) is 3.36. The Hall–Kier alpha value is -2.40. The van der Waals surface area contributed by atoms with Crippen molar-refractivity contribution in [2.45, 2.75) is 13.8 Å². The van der Waals surface area contributed by atoms with Gasteiger partial charge in [0.2, 0.25) is 0 Å². The Morgan fingerprint density at radius 1 is 1.12 bits per heavy atom. The lowest BCUT2D eigenvalue weighted by Gasteiger charge is -2.36. The number of hydrogen-bond donors (Lipinski definition) is 1. The molecule has 0 unspecified atom stereocenters. The quantitative estimate of drug-likeness (QED) is 0.828. The fraction of sp³-hybridized carbons (Fsp3) is 0.350. The summed E-state index contributed by atoms with van der Waals surface area (Å²) in [6.07, 6.45) is 0. The van der Waals surface area contributed by atoms with Crippen LogP contribution in [-0.4, -0.2) is 43.8 Å². The van der Waals surface area contributed by atoms with E-state index in [4.69, 9.17) is 16.3 Å². The molecule has 0 aromatic heterocycles. The lowest BCUT2D eigenvalue weighted by atomic mass is 10.1. The van der Waals surface area contributed by atoms with Crippen molar-refractivity contribution in [2.24, 2.45) is 0 Å². The van der Waals surface area contributed by atoms with Gasteiger partial charge in [-0.3, -0.25) is 0 Å². The molecule has 0 saturated carbocycles. The lowest BCUT2D eigenvalue weighted by molar-refractivity contribution is 0.181. The predicted molar refractivity (Wildman–Crippen MR) is 105 cm³/mol. The van der Waals surface area contributed by atoms with Crippen LogP contribution in [0.2, 0.25) is 5.02 Å². The Kier molecular flexibility index (Phi) is 5.89. The monoisotopic (exact) mass is 373 g/mol. The first-order valence-electron chi connectivity index (χ1n) is 8.77. The van der Waals surface area contributed by atoms with E-state index >= 15 is 0 Å². The van der Waals surface area contributed by atoms with E-state index in [0.29, 0.717) is 13.1 Å². The summed E-state index contributed by atoms with van der Waals surface area (Å²) in [7, 11) is 0. The fourth-order valence-corrected chi connectivity index (χ4v) is 3.19. The maximum Gasteiger partial charge on any atom is 0.320 e. The van der Waals surface area contributed by atoms with Crippen LogP contribution in [-0.2, 0) is 0 Å². The molecular formula is C20H24ClN3O2. The summed E-state index contributed by atoms with van der Waals surface area (Å²) in [6, 6.07) is 13.6. The van der Waals surface area contributed by atoms with E-state index in [1.807, 2.05) is 61.2 Å². The summed E-state index contributed by atoms with van der Waals surface area (Å²) in [6.45, 7) is 7.13. The zero-order valence-electron chi connectivity index (χ0n) is 15.2. The largest absolute Gasteiger partial charge is 0.473 e. The Morgan fingerprint density at radius 2 is 1.85 bits per heavy atom. The van der Waals surface area contributed by atoms with Gasteiger partial charge in [0.25, 0.3) is 0 Å². The molecule has 0 atom stereocenters. The van der Waals surface area contributed by atoms with Crippen LogP contribution in [0, 0.1) is 13.8 Å². The lowest BCUT2D eigenvalue weighted by Crippen LogP contribution is -2.52. The molecule has 1 fully saturated rings. The SMILES string of the molecule is Cc1cccc(OCNC(=O)N2CCN(c3cccc(Cl)c3)CC2)c1C. The van der Waals surface area contributed by atoms with Gasteiger partial charge in [0.15, 0.2) is 6.73 Å². The highest BCUT2D eigenvalue weighted by atomic mass is 35.5. The highest BCUT2D eigenvalue weighted by Gasteiger charge is 2.21. The van der Waals surface area contributed by atoms with Gasteiger partial charge in [-0.25, -0.2) is 4.79 Å². The van der Waals surface area contributed by atoms with Gasteiger partial charge in [0.1, 0.15) is 5.75 Å². The summed E-state index contributed by atoms with van der Waals surface area (Å²) >= 11 is 6.06. The minimum Gasteiger partial charge on any atom is -0.473 e. The van der Waals surface area contributed by atoms with Gasteiger partial charge in [-0.15, -0.1) is 0 Å². The van der Waals surface area contributed by atoms with E-state index in [1.165, 1.54) is 5.56 Å². The number of carbonyl (C=O) groups is 1. The molecular weight excluding hydrogens is 350 g/mol. The molecule has 1 heterocycles.